The standard InChI is InChI=1S/C24H28ClFN4/c1-3-27-18-6-4-16(5-7-18)11-17-12-20-23(10-15(17)2)28-14-29-24(20)30-19-8-9-22(26)21(25)13-19/h8-10,12-14,16,18,27H,3-7,11H2,1-2H3,(H,28,29,30). The lowest BCUT2D eigenvalue weighted by Gasteiger charge is -2.29. The second kappa shape index (κ2) is 9.27. The number of fused-ring (bicyclic) bond motifs is 1. The van der Waals surface area contributed by atoms with Crippen LogP contribution in [0.5, 0.6) is 0 Å². The summed E-state index contributed by atoms with van der Waals surface area (Å²) in [5, 5.41) is 7.92. The summed E-state index contributed by atoms with van der Waals surface area (Å²) in [6.07, 6.45) is 7.67. The third-order valence-corrected chi connectivity index (χ3v) is 6.41. The summed E-state index contributed by atoms with van der Waals surface area (Å²) >= 11 is 5.93. The maximum Gasteiger partial charge on any atom is 0.141 e. The van der Waals surface area contributed by atoms with Crippen molar-refractivity contribution in [2.75, 3.05) is 11.9 Å². The Morgan fingerprint density at radius 2 is 1.90 bits per heavy atom. The first-order valence-electron chi connectivity index (χ1n) is 10.7. The van der Waals surface area contributed by atoms with E-state index in [0.717, 1.165) is 23.9 Å². The Kier molecular flexibility index (Phi) is 6.49. The van der Waals surface area contributed by atoms with E-state index in [1.165, 1.54) is 42.9 Å². The van der Waals surface area contributed by atoms with Crippen LogP contribution in [-0.2, 0) is 6.42 Å². The van der Waals surface area contributed by atoms with E-state index in [2.05, 4.69) is 46.6 Å². The molecule has 0 saturated heterocycles. The quantitative estimate of drug-likeness (QED) is 0.493. The Morgan fingerprint density at radius 1 is 1.10 bits per heavy atom. The first-order chi connectivity index (χ1) is 14.5. The molecule has 1 fully saturated rings. The highest BCUT2D eigenvalue weighted by Gasteiger charge is 2.21. The van der Waals surface area contributed by atoms with Gasteiger partial charge in [0.2, 0.25) is 0 Å². The average Bonchev–Trinajstić information content (AvgIpc) is 2.73. The summed E-state index contributed by atoms with van der Waals surface area (Å²) in [4.78, 5) is 8.88. The molecular formula is C24H28ClFN4. The number of nitrogens with zero attached hydrogens (tertiary/aromatic N) is 2. The number of aromatic nitrogens is 2. The Balaban J connectivity index is 1.57. The van der Waals surface area contributed by atoms with Crippen molar-refractivity contribution in [2.24, 2.45) is 5.92 Å². The van der Waals surface area contributed by atoms with E-state index in [1.807, 2.05) is 0 Å². The van der Waals surface area contributed by atoms with Gasteiger partial charge >= 0.3 is 0 Å². The van der Waals surface area contributed by atoms with Gasteiger partial charge in [0.05, 0.1) is 10.5 Å². The van der Waals surface area contributed by atoms with E-state index < -0.39 is 5.82 Å². The van der Waals surface area contributed by atoms with Crippen molar-refractivity contribution < 1.29 is 4.39 Å². The van der Waals surface area contributed by atoms with Crippen molar-refractivity contribution in [2.45, 2.75) is 52.0 Å². The fourth-order valence-corrected chi connectivity index (χ4v) is 4.63. The minimum absolute atomic E-state index is 0.0862. The number of halogens is 2. The molecule has 3 aromatic rings. The molecule has 2 N–H and O–H groups in total. The molecule has 1 aliphatic rings. The minimum Gasteiger partial charge on any atom is -0.340 e. The summed E-state index contributed by atoms with van der Waals surface area (Å²) in [5.41, 5.74) is 4.22. The molecule has 4 rings (SSSR count). The molecule has 1 heterocycles. The van der Waals surface area contributed by atoms with Crippen LogP contribution in [-0.4, -0.2) is 22.6 Å². The summed E-state index contributed by atoms with van der Waals surface area (Å²) < 4.78 is 13.5. The highest BCUT2D eigenvalue weighted by Crippen LogP contribution is 2.32. The van der Waals surface area contributed by atoms with E-state index in [0.29, 0.717) is 23.5 Å². The van der Waals surface area contributed by atoms with Crippen molar-refractivity contribution in [3.05, 3.63) is 58.6 Å². The molecule has 30 heavy (non-hydrogen) atoms. The lowest BCUT2D eigenvalue weighted by Crippen LogP contribution is -2.33. The Morgan fingerprint density at radius 3 is 2.63 bits per heavy atom. The maximum atomic E-state index is 13.5. The molecule has 1 saturated carbocycles. The van der Waals surface area contributed by atoms with Gasteiger partial charge in [-0.15, -0.1) is 0 Å². The third kappa shape index (κ3) is 4.73. The Labute approximate surface area is 182 Å². The normalized spacial score (nSPS) is 19.2. The average molecular weight is 427 g/mol. The van der Waals surface area contributed by atoms with Gasteiger partial charge in [-0.2, -0.15) is 0 Å². The molecular weight excluding hydrogens is 399 g/mol. The van der Waals surface area contributed by atoms with Crippen LogP contribution in [0.15, 0.2) is 36.7 Å². The maximum absolute atomic E-state index is 13.5. The van der Waals surface area contributed by atoms with E-state index in [9.17, 15) is 4.39 Å². The summed E-state index contributed by atoms with van der Waals surface area (Å²) in [6, 6.07) is 9.62. The van der Waals surface area contributed by atoms with Gasteiger partial charge < -0.3 is 10.6 Å². The first kappa shape index (κ1) is 21.0. The number of nitrogens with one attached hydrogen (secondary N) is 2. The summed E-state index contributed by atoms with van der Waals surface area (Å²) in [7, 11) is 0. The molecule has 0 unspecified atom stereocenters. The molecule has 2 aromatic carbocycles. The zero-order chi connectivity index (χ0) is 21.1. The van der Waals surface area contributed by atoms with E-state index >= 15 is 0 Å². The van der Waals surface area contributed by atoms with Crippen LogP contribution < -0.4 is 10.6 Å². The number of anilines is 2. The fraction of sp³-hybridized carbons (Fsp3) is 0.417. The van der Waals surface area contributed by atoms with Gasteiger partial charge in [0.1, 0.15) is 18.0 Å². The van der Waals surface area contributed by atoms with Crippen LogP contribution >= 0.6 is 11.6 Å². The Hall–Kier alpha value is -2.24. The number of benzene rings is 2. The smallest absolute Gasteiger partial charge is 0.141 e. The lowest BCUT2D eigenvalue weighted by atomic mass is 9.81. The number of rotatable bonds is 6. The molecule has 0 amide bonds. The van der Waals surface area contributed by atoms with Crippen molar-refractivity contribution in [3.63, 3.8) is 0 Å². The monoisotopic (exact) mass is 426 g/mol. The fourth-order valence-electron chi connectivity index (χ4n) is 4.45. The van der Waals surface area contributed by atoms with Crippen LogP contribution in [0.4, 0.5) is 15.9 Å². The SMILES string of the molecule is CCNC1CCC(Cc2cc3c(Nc4ccc(F)c(Cl)c4)ncnc3cc2C)CC1. The molecule has 0 spiro atoms. The van der Waals surface area contributed by atoms with Gasteiger partial charge in [-0.3, -0.25) is 0 Å². The van der Waals surface area contributed by atoms with Crippen LogP contribution in [0.2, 0.25) is 5.02 Å². The highest BCUT2D eigenvalue weighted by molar-refractivity contribution is 6.31. The largest absolute Gasteiger partial charge is 0.340 e. The predicted octanol–water partition coefficient (Wildman–Crippen LogP) is 6.19. The predicted molar refractivity (Wildman–Crippen MR) is 122 cm³/mol. The molecule has 158 valence electrons. The lowest BCUT2D eigenvalue weighted by molar-refractivity contribution is 0.293. The highest BCUT2D eigenvalue weighted by atomic mass is 35.5. The van der Waals surface area contributed by atoms with Crippen LogP contribution in [0.1, 0.15) is 43.7 Å². The zero-order valence-corrected chi connectivity index (χ0v) is 18.3. The second-order valence-corrected chi connectivity index (χ2v) is 8.66. The van der Waals surface area contributed by atoms with Gasteiger partial charge in [0.15, 0.2) is 0 Å². The van der Waals surface area contributed by atoms with Gasteiger partial charge in [0, 0.05) is 17.1 Å². The molecule has 4 nitrogen and oxygen atoms in total. The molecule has 1 aliphatic carbocycles. The van der Waals surface area contributed by atoms with E-state index in [4.69, 9.17) is 11.6 Å². The second-order valence-electron chi connectivity index (χ2n) is 8.25. The molecule has 0 aliphatic heterocycles. The van der Waals surface area contributed by atoms with Crippen molar-refractivity contribution in [1.29, 1.82) is 0 Å². The minimum atomic E-state index is -0.434. The summed E-state index contributed by atoms with van der Waals surface area (Å²) in [6.45, 7) is 5.39. The van der Waals surface area contributed by atoms with Crippen molar-refractivity contribution in [1.82, 2.24) is 15.3 Å². The van der Waals surface area contributed by atoms with Gasteiger partial charge in [-0.1, -0.05) is 18.5 Å². The van der Waals surface area contributed by atoms with Crippen LogP contribution in [0.3, 0.4) is 0 Å². The molecule has 0 radical (unpaired) electrons. The molecule has 1 aromatic heterocycles. The van der Waals surface area contributed by atoms with Gasteiger partial charge in [-0.25, -0.2) is 14.4 Å². The zero-order valence-electron chi connectivity index (χ0n) is 17.5. The molecule has 6 heteroatoms. The van der Waals surface area contributed by atoms with Crippen LogP contribution in [0, 0.1) is 18.7 Å². The van der Waals surface area contributed by atoms with E-state index in [1.54, 1.807) is 18.5 Å². The van der Waals surface area contributed by atoms with Gasteiger partial charge in [-0.05, 0) is 92.9 Å². The molecule has 0 atom stereocenters. The molecule has 0 bridgehead atoms. The first-order valence-corrected chi connectivity index (χ1v) is 11.1. The summed E-state index contributed by atoms with van der Waals surface area (Å²) in [5.74, 6) is 0.990. The van der Waals surface area contributed by atoms with Gasteiger partial charge in [0.25, 0.3) is 0 Å². The van der Waals surface area contributed by atoms with Crippen LogP contribution in [0.25, 0.3) is 10.9 Å². The third-order valence-electron chi connectivity index (χ3n) is 6.12. The topological polar surface area (TPSA) is 49.8 Å². The number of hydrogen-bond acceptors (Lipinski definition) is 4. The number of hydrogen-bond donors (Lipinski definition) is 2. The van der Waals surface area contributed by atoms with E-state index in [-0.39, 0.29) is 5.02 Å². The number of aryl methyl sites for hydroxylation is 1. The Bertz CT molecular complexity index is 1030. The van der Waals surface area contributed by atoms with Crippen molar-refractivity contribution >= 4 is 34.0 Å². The van der Waals surface area contributed by atoms with Crippen molar-refractivity contribution in [3.8, 4) is 0 Å².